The van der Waals surface area contributed by atoms with Gasteiger partial charge in [-0.1, -0.05) is 56.1 Å². The maximum atomic E-state index is 12.2. The summed E-state index contributed by atoms with van der Waals surface area (Å²) >= 11 is 15.9. The van der Waals surface area contributed by atoms with Crippen molar-refractivity contribution in [1.82, 2.24) is 5.43 Å². The molecule has 0 fully saturated rings. The molecule has 1 N–H and O–H groups in total. The second kappa shape index (κ2) is 12.5. The van der Waals surface area contributed by atoms with Gasteiger partial charge in [0, 0.05) is 15.6 Å². The van der Waals surface area contributed by atoms with Crippen LogP contribution < -0.4 is 19.6 Å². The van der Waals surface area contributed by atoms with E-state index in [0.29, 0.717) is 38.4 Å². The summed E-state index contributed by atoms with van der Waals surface area (Å²) in [6.45, 7) is 6.41. The summed E-state index contributed by atoms with van der Waals surface area (Å²) < 4.78 is 17.7. The van der Waals surface area contributed by atoms with Crippen LogP contribution in [0.5, 0.6) is 17.2 Å². The quantitative estimate of drug-likeness (QED) is 0.211. The van der Waals surface area contributed by atoms with Crippen molar-refractivity contribution in [3.05, 3.63) is 85.8 Å². The van der Waals surface area contributed by atoms with Gasteiger partial charge in [-0.05, 0) is 74.9 Å². The molecule has 6 nitrogen and oxygen atoms in total. The SMILES string of the molecule is COc1cc(/C=N/NC(=O)COc2ccc(C(C)(C)C)cc2Br)ccc1OCc1c(Cl)cccc1Cl. The van der Waals surface area contributed by atoms with Gasteiger partial charge in [0.25, 0.3) is 5.91 Å². The summed E-state index contributed by atoms with van der Waals surface area (Å²) in [6.07, 6.45) is 1.50. The monoisotopic (exact) mass is 592 g/mol. The first-order chi connectivity index (χ1) is 17.1. The van der Waals surface area contributed by atoms with E-state index in [9.17, 15) is 4.79 Å². The molecule has 1 amide bonds. The lowest BCUT2D eigenvalue weighted by molar-refractivity contribution is -0.123. The van der Waals surface area contributed by atoms with Crippen LogP contribution >= 0.6 is 39.1 Å². The zero-order valence-electron chi connectivity index (χ0n) is 20.4. The van der Waals surface area contributed by atoms with Gasteiger partial charge in [-0.3, -0.25) is 4.79 Å². The summed E-state index contributed by atoms with van der Waals surface area (Å²) in [5.41, 5.74) is 5.03. The molecule has 0 spiro atoms. The number of hydrogen-bond donors (Lipinski definition) is 1. The molecule has 0 aliphatic heterocycles. The van der Waals surface area contributed by atoms with Gasteiger partial charge in [0.2, 0.25) is 0 Å². The molecule has 36 heavy (non-hydrogen) atoms. The highest BCUT2D eigenvalue weighted by atomic mass is 79.9. The van der Waals surface area contributed by atoms with E-state index in [1.165, 1.54) is 13.3 Å². The largest absolute Gasteiger partial charge is 0.493 e. The van der Waals surface area contributed by atoms with E-state index in [-0.39, 0.29) is 24.5 Å². The van der Waals surface area contributed by atoms with Crippen molar-refractivity contribution in [1.29, 1.82) is 0 Å². The number of benzene rings is 3. The van der Waals surface area contributed by atoms with Gasteiger partial charge in [0.1, 0.15) is 12.4 Å². The average Bonchev–Trinajstić information content (AvgIpc) is 2.82. The normalized spacial score (nSPS) is 11.4. The highest BCUT2D eigenvalue weighted by molar-refractivity contribution is 9.10. The number of carbonyl (C=O) groups excluding carboxylic acids is 1. The van der Waals surface area contributed by atoms with Gasteiger partial charge in [0.15, 0.2) is 18.1 Å². The Balaban J connectivity index is 1.55. The predicted molar refractivity (Wildman–Crippen MR) is 148 cm³/mol. The van der Waals surface area contributed by atoms with Crippen LogP contribution in [0.4, 0.5) is 0 Å². The molecule has 3 aromatic carbocycles. The molecule has 3 aromatic rings. The summed E-state index contributed by atoms with van der Waals surface area (Å²) in [5, 5.41) is 5.05. The van der Waals surface area contributed by atoms with Gasteiger partial charge >= 0.3 is 0 Å². The van der Waals surface area contributed by atoms with E-state index < -0.39 is 0 Å². The van der Waals surface area contributed by atoms with Crippen molar-refractivity contribution < 1.29 is 19.0 Å². The summed E-state index contributed by atoms with van der Waals surface area (Å²) in [5.74, 6) is 1.22. The lowest BCUT2D eigenvalue weighted by atomic mass is 9.87. The highest BCUT2D eigenvalue weighted by Gasteiger charge is 2.16. The molecule has 0 radical (unpaired) electrons. The first-order valence-corrected chi connectivity index (χ1v) is 12.6. The fraction of sp³-hybridized carbons (Fsp3) is 0.259. The van der Waals surface area contributed by atoms with Gasteiger partial charge in [-0.25, -0.2) is 5.43 Å². The lowest BCUT2D eigenvalue weighted by Crippen LogP contribution is -2.24. The van der Waals surface area contributed by atoms with E-state index >= 15 is 0 Å². The number of nitrogens with zero attached hydrogens (tertiary/aromatic N) is 1. The van der Waals surface area contributed by atoms with Crippen LogP contribution in [0.3, 0.4) is 0 Å². The lowest BCUT2D eigenvalue weighted by Gasteiger charge is -2.20. The Morgan fingerprint density at radius 2 is 1.69 bits per heavy atom. The number of hydrogen-bond acceptors (Lipinski definition) is 5. The Morgan fingerprint density at radius 3 is 2.33 bits per heavy atom. The van der Waals surface area contributed by atoms with Crippen molar-refractivity contribution >= 4 is 51.3 Å². The predicted octanol–water partition coefficient (Wildman–Crippen LogP) is 7.17. The fourth-order valence-electron chi connectivity index (χ4n) is 3.14. The molecule has 0 aliphatic carbocycles. The maximum Gasteiger partial charge on any atom is 0.277 e. The third-order valence-corrected chi connectivity index (χ3v) is 6.51. The van der Waals surface area contributed by atoms with E-state index in [0.717, 1.165) is 10.0 Å². The number of carbonyl (C=O) groups is 1. The minimum Gasteiger partial charge on any atom is -0.493 e. The third kappa shape index (κ3) is 7.63. The number of rotatable bonds is 9. The average molecular weight is 594 g/mol. The molecule has 0 aromatic heterocycles. The molecular weight excluding hydrogens is 567 g/mol. The summed E-state index contributed by atoms with van der Waals surface area (Å²) in [7, 11) is 1.54. The standard InChI is InChI=1S/C27H27BrCl2N2O4/c1-27(2,3)18-9-11-23(20(28)13-18)36-16-26(33)32-31-14-17-8-10-24(25(12-17)34-4)35-15-19-21(29)6-5-7-22(19)30/h5-14H,15-16H2,1-4H3,(H,32,33)/b31-14+. The second-order valence-corrected chi connectivity index (χ2v) is 10.5. The highest BCUT2D eigenvalue weighted by Crippen LogP contribution is 2.32. The maximum absolute atomic E-state index is 12.2. The number of methoxy groups -OCH3 is 1. The molecule has 0 aliphatic rings. The Labute approximate surface area is 229 Å². The van der Waals surface area contributed by atoms with Gasteiger partial charge in [-0.2, -0.15) is 5.10 Å². The minimum atomic E-state index is -0.387. The summed E-state index contributed by atoms with van der Waals surface area (Å²) in [6, 6.07) is 16.4. The van der Waals surface area contributed by atoms with E-state index in [1.54, 1.807) is 36.4 Å². The van der Waals surface area contributed by atoms with E-state index in [4.69, 9.17) is 37.4 Å². The molecule has 3 rings (SSSR count). The molecule has 0 saturated heterocycles. The fourth-order valence-corrected chi connectivity index (χ4v) is 4.14. The van der Waals surface area contributed by atoms with Crippen LogP contribution in [-0.2, 0) is 16.8 Å². The van der Waals surface area contributed by atoms with Crippen LogP contribution in [0.15, 0.2) is 64.2 Å². The first kappa shape index (κ1) is 27.8. The Morgan fingerprint density at radius 1 is 1.00 bits per heavy atom. The number of amides is 1. The first-order valence-electron chi connectivity index (χ1n) is 11.1. The van der Waals surface area contributed by atoms with Gasteiger partial charge < -0.3 is 14.2 Å². The zero-order chi connectivity index (χ0) is 26.3. The van der Waals surface area contributed by atoms with Crippen molar-refractivity contribution in [2.45, 2.75) is 32.8 Å². The van der Waals surface area contributed by atoms with Crippen LogP contribution in [0.2, 0.25) is 10.0 Å². The van der Waals surface area contributed by atoms with Crippen LogP contribution in [0.1, 0.15) is 37.5 Å². The molecule has 0 atom stereocenters. The molecule has 0 heterocycles. The van der Waals surface area contributed by atoms with Crippen LogP contribution in [-0.4, -0.2) is 25.8 Å². The van der Waals surface area contributed by atoms with Crippen molar-refractivity contribution in [3.63, 3.8) is 0 Å². The Kier molecular flexibility index (Phi) is 9.65. The molecule has 190 valence electrons. The van der Waals surface area contributed by atoms with Crippen molar-refractivity contribution in [2.75, 3.05) is 13.7 Å². The Bertz CT molecular complexity index is 1240. The van der Waals surface area contributed by atoms with Crippen molar-refractivity contribution in [2.24, 2.45) is 5.10 Å². The van der Waals surface area contributed by atoms with Crippen LogP contribution in [0, 0.1) is 0 Å². The van der Waals surface area contributed by atoms with Crippen molar-refractivity contribution in [3.8, 4) is 17.2 Å². The zero-order valence-corrected chi connectivity index (χ0v) is 23.5. The Hall–Kier alpha value is -2.74. The van der Waals surface area contributed by atoms with E-state index in [2.05, 4.69) is 47.2 Å². The smallest absolute Gasteiger partial charge is 0.277 e. The van der Waals surface area contributed by atoms with Gasteiger partial charge in [-0.15, -0.1) is 0 Å². The number of halogens is 3. The van der Waals surface area contributed by atoms with Crippen LogP contribution in [0.25, 0.3) is 0 Å². The van der Waals surface area contributed by atoms with Gasteiger partial charge in [0.05, 0.1) is 17.8 Å². The third-order valence-electron chi connectivity index (χ3n) is 5.18. The topological polar surface area (TPSA) is 69.2 Å². The molecule has 0 unspecified atom stereocenters. The number of nitrogens with one attached hydrogen (secondary N) is 1. The number of ether oxygens (including phenoxy) is 3. The summed E-state index contributed by atoms with van der Waals surface area (Å²) in [4.78, 5) is 12.2. The van der Waals surface area contributed by atoms with E-state index in [1.807, 2.05) is 18.2 Å². The second-order valence-electron chi connectivity index (χ2n) is 8.88. The molecular formula is C27H27BrCl2N2O4. The molecule has 0 saturated carbocycles. The number of hydrazone groups is 1. The molecule has 9 heteroatoms. The molecule has 0 bridgehead atoms. The minimum absolute atomic E-state index is 0.0173.